The molecule has 0 aromatic carbocycles. The summed E-state index contributed by atoms with van der Waals surface area (Å²) in [6, 6.07) is 2.67. The predicted octanol–water partition coefficient (Wildman–Crippen LogP) is 2.95. The van der Waals surface area contributed by atoms with Crippen molar-refractivity contribution in [2.75, 3.05) is 6.54 Å². The third-order valence-corrected chi connectivity index (χ3v) is 4.99. The zero-order valence-corrected chi connectivity index (χ0v) is 15.3. The number of furan rings is 1. The SMILES string of the molecule is C=CCN(C(=O)c1csnn1)C(C(=O)NC1CCCCC1)c1ccco1. The molecule has 7 nitrogen and oxygen atoms in total. The van der Waals surface area contributed by atoms with Gasteiger partial charge >= 0.3 is 0 Å². The average Bonchev–Trinajstić information content (AvgIpc) is 3.36. The van der Waals surface area contributed by atoms with Crippen molar-refractivity contribution in [3.63, 3.8) is 0 Å². The van der Waals surface area contributed by atoms with Crippen LogP contribution in [0, 0.1) is 0 Å². The number of hydrogen-bond acceptors (Lipinski definition) is 6. The number of carbonyl (C=O) groups is 2. The lowest BCUT2D eigenvalue weighted by Gasteiger charge is -2.30. The molecule has 3 rings (SSSR count). The van der Waals surface area contributed by atoms with Crippen LogP contribution in [0.25, 0.3) is 0 Å². The summed E-state index contributed by atoms with van der Waals surface area (Å²) in [4.78, 5) is 27.4. The zero-order chi connectivity index (χ0) is 18.4. The highest BCUT2D eigenvalue weighted by Gasteiger charge is 2.35. The van der Waals surface area contributed by atoms with E-state index in [-0.39, 0.29) is 30.1 Å². The number of nitrogens with one attached hydrogen (secondary N) is 1. The van der Waals surface area contributed by atoms with Crippen LogP contribution in [-0.2, 0) is 4.79 Å². The molecule has 1 N–H and O–H groups in total. The summed E-state index contributed by atoms with van der Waals surface area (Å²) in [7, 11) is 0. The largest absolute Gasteiger partial charge is 0.467 e. The van der Waals surface area contributed by atoms with Crippen LogP contribution in [0.2, 0.25) is 0 Å². The summed E-state index contributed by atoms with van der Waals surface area (Å²) in [6.07, 6.45) is 8.42. The molecule has 0 spiro atoms. The summed E-state index contributed by atoms with van der Waals surface area (Å²) >= 11 is 1.09. The van der Waals surface area contributed by atoms with E-state index in [1.807, 2.05) is 0 Å². The molecular weight excluding hydrogens is 352 g/mol. The van der Waals surface area contributed by atoms with Crippen molar-refractivity contribution in [3.05, 3.63) is 47.9 Å². The first-order valence-corrected chi connectivity index (χ1v) is 9.57. The molecule has 2 amide bonds. The van der Waals surface area contributed by atoms with Crippen LogP contribution >= 0.6 is 11.5 Å². The highest BCUT2D eigenvalue weighted by molar-refractivity contribution is 7.03. The molecule has 2 heterocycles. The first-order chi connectivity index (χ1) is 12.7. The number of aromatic nitrogens is 2. The van der Waals surface area contributed by atoms with Gasteiger partial charge in [0.15, 0.2) is 11.7 Å². The minimum absolute atomic E-state index is 0.135. The number of rotatable bonds is 7. The number of carbonyl (C=O) groups excluding carboxylic acids is 2. The van der Waals surface area contributed by atoms with E-state index >= 15 is 0 Å². The van der Waals surface area contributed by atoms with Gasteiger partial charge in [-0.1, -0.05) is 29.8 Å². The van der Waals surface area contributed by atoms with E-state index in [9.17, 15) is 9.59 Å². The van der Waals surface area contributed by atoms with Crippen LogP contribution in [0.15, 0.2) is 40.8 Å². The molecule has 0 bridgehead atoms. The zero-order valence-electron chi connectivity index (χ0n) is 14.5. The lowest BCUT2D eigenvalue weighted by Crippen LogP contribution is -2.47. The molecule has 138 valence electrons. The standard InChI is InChI=1S/C18H22N4O3S/c1-2-10-22(18(24)14-12-26-21-20-14)16(15-9-6-11-25-15)17(23)19-13-7-4-3-5-8-13/h2,6,9,11-13,16H,1,3-5,7-8,10H2,(H,19,23). The molecule has 8 heteroatoms. The fourth-order valence-electron chi connectivity index (χ4n) is 3.25. The Balaban J connectivity index is 1.86. The first-order valence-electron chi connectivity index (χ1n) is 8.73. The van der Waals surface area contributed by atoms with Crippen LogP contribution in [0.1, 0.15) is 54.4 Å². The Kier molecular flexibility index (Phi) is 6.17. The van der Waals surface area contributed by atoms with Crippen LogP contribution < -0.4 is 5.32 Å². The average molecular weight is 374 g/mol. The Labute approximate surface area is 156 Å². The van der Waals surface area contributed by atoms with Crippen molar-refractivity contribution in [1.82, 2.24) is 19.8 Å². The Morgan fingerprint density at radius 2 is 2.23 bits per heavy atom. The fourth-order valence-corrected chi connectivity index (χ4v) is 3.68. The maximum Gasteiger partial charge on any atom is 0.276 e. The molecule has 1 aliphatic carbocycles. The van der Waals surface area contributed by atoms with Gasteiger partial charge in [-0.15, -0.1) is 11.7 Å². The maximum atomic E-state index is 13.1. The van der Waals surface area contributed by atoms with Gasteiger partial charge in [-0.25, -0.2) is 0 Å². The van der Waals surface area contributed by atoms with Gasteiger partial charge in [0.05, 0.1) is 6.26 Å². The Morgan fingerprint density at radius 1 is 1.42 bits per heavy atom. The van der Waals surface area contributed by atoms with Gasteiger partial charge in [-0.2, -0.15) is 0 Å². The molecular formula is C18H22N4O3S. The summed E-state index contributed by atoms with van der Waals surface area (Å²) in [5.74, 6) is -0.208. The van der Waals surface area contributed by atoms with E-state index in [1.54, 1.807) is 23.6 Å². The molecule has 26 heavy (non-hydrogen) atoms. The van der Waals surface area contributed by atoms with Crippen molar-refractivity contribution in [3.8, 4) is 0 Å². The molecule has 2 aromatic rings. The number of hydrogen-bond donors (Lipinski definition) is 1. The molecule has 1 unspecified atom stereocenters. The van der Waals surface area contributed by atoms with Crippen LogP contribution in [0.5, 0.6) is 0 Å². The smallest absolute Gasteiger partial charge is 0.276 e. The van der Waals surface area contributed by atoms with Gasteiger partial charge in [0.1, 0.15) is 5.76 Å². The summed E-state index contributed by atoms with van der Waals surface area (Å²) in [5.41, 5.74) is 0.207. The lowest BCUT2D eigenvalue weighted by atomic mass is 9.95. The molecule has 0 aliphatic heterocycles. The van der Waals surface area contributed by atoms with Gasteiger partial charge in [-0.05, 0) is 36.5 Å². The van der Waals surface area contributed by atoms with Crippen molar-refractivity contribution >= 4 is 23.3 Å². The van der Waals surface area contributed by atoms with Gasteiger partial charge in [0, 0.05) is 18.0 Å². The third-order valence-electron chi connectivity index (χ3n) is 4.49. The minimum atomic E-state index is -0.876. The van der Waals surface area contributed by atoms with Crippen molar-refractivity contribution in [2.24, 2.45) is 0 Å². The number of amides is 2. The fraction of sp³-hybridized carbons (Fsp3) is 0.444. The maximum absolute atomic E-state index is 13.1. The van der Waals surface area contributed by atoms with E-state index in [4.69, 9.17) is 4.42 Å². The lowest BCUT2D eigenvalue weighted by molar-refractivity contribution is -0.127. The Bertz CT molecular complexity index is 724. The highest BCUT2D eigenvalue weighted by Crippen LogP contribution is 2.25. The van der Waals surface area contributed by atoms with Gasteiger partial charge in [-0.3, -0.25) is 9.59 Å². The van der Waals surface area contributed by atoms with Crippen LogP contribution in [0.4, 0.5) is 0 Å². The van der Waals surface area contributed by atoms with E-state index in [0.29, 0.717) is 5.76 Å². The van der Waals surface area contributed by atoms with Crippen molar-refractivity contribution < 1.29 is 14.0 Å². The van der Waals surface area contributed by atoms with Crippen LogP contribution in [-0.4, -0.2) is 38.9 Å². The second-order valence-corrected chi connectivity index (χ2v) is 6.91. The van der Waals surface area contributed by atoms with Gasteiger partial charge < -0.3 is 14.6 Å². The molecule has 1 atom stereocenters. The monoisotopic (exact) mass is 374 g/mol. The molecule has 1 saturated carbocycles. The molecule has 0 saturated heterocycles. The molecule has 2 aromatic heterocycles. The molecule has 0 radical (unpaired) electrons. The highest BCUT2D eigenvalue weighted by atomic mass is 32.1. The predicted molar refractivity (Wildman–Crippen MR) is 97.6 cm³/mol. The first kappa shape index (κ1) is 18.3. The topological polar surface area (TPSA) is 88.3 Å². The minimum Gasteiger partial charge on any atom is -0.467 e. The van der Waals surface area contributed by atoms with Crippen molar-refractivity contribution in [1.29, 1.82) is 0 Å². The van der Waals surface area contributed by atoms with E-state index in [1.165, 1.54) is 17.6 Å². The summed E-state index contributed by atoms with van der Waals surface area (Å²) < 4.78 is 9.22. The third kappa shape index (κ3) is 4.19. The van der Waals surface area contributed by atoms with E-state index in [0.717, 1.165) is 37.2 Å². The van der Waals surface area contributed by atoms with E-state index in [2.05, 4.69) is 21.5 Å². The number of nitrogens with zero attached hydrogens (tertiary/aromatic N) is 3. The summed E-state index contributed by atoms with van der Waals surface area (Å²) in [5, 5.41) is 8.49. The van der Waals surface area contributed by atoms with Crippen LogP contribution in [0.3, 0.4) is 0 Å². The van der Waals surface area contributed by atoms with E-state index < -0.39 is 6.04 Å². The van der Waals surface area contributed by atoms with Gasteiger partial charge in [0.25, 0.3) is 11.8 Å². The quantitative estimate of drug-likeness (QED) is 0.753. The van der Waals surface area contributed by atoms with Crippen molar-refractivity contribution in [2.45, 2.75) is 44.2 Å². The van der Waals surface area contributed by atoms with Gasteiger partial charge in [0.2, 0.25) is 0 Å². The Hall–Kier alpha value is -2.48. The summed E-state index contributed by atoms with van der Waals surface area (Å²) in [6.45, 7) is 3.91. The second kappa shape index (κ2) is 8.75. The Morgan fingerprint density at radius 3 is 2.85 bits per heavy atom. The second-order valence-electron chi connectivity index (χ2n) is 6.30. The molecule has 1 aliphatic rings. The molecule has 1 fully saturated rings. The normalized spacial score (nSPS) is 16.0.